The number of methoxy groups -OCH3 is 1. The van der Waals surface area contributed by atoms with Crippen molar-refractivity contribution in [3.63, 3.8) is 0 Å². The molecule has 3 fully saturated rings. The molecule has 6 nitrogen and oxygen atoms in total. The summed E-state index contributed by atoms with van der Waals surface area (Å²) in [6.07, 6.45) is 3.20. The van der Waals surface area contributed by atoms with Gasteiger partial charge in [0.1, 0.15) is 0 Å². The van der Waals surface area contributed by atoms with Crippen molar-refractivity contribution in [1.29, 1.82) is 0 Å². The summed E-state index contributed by atoms with van der Waals surface area (Å²) >= 11 is 6.43. The van der Waals surface area contributed by atoms with Crippen LogP contribution >= 0.6 is 11.6 Å². The molecule has 0 N–H and O–H groups in total. The van der Waals surface area contributed by atoms with Gasteiger partial charge >= 0.3 is 0 Å². The van der Waals surface area contributed by atoms with Gasteiger partial charge in [-0.05, 0) is 36.8 Å². The van der Waals surface area contributed by atoms with Crippen LogP contribution in [0.15, 0.2) is 24.3 Å². The summed E-state index contributed by atoms with van der Waals surface area (Å²) in [7, 11) is 1.53. The SMILES string of the molecule is COCCN1C(=O)C[C@](CC(=O)N2C[C@@H]3CC[C@@H]2C3)(c2ccccc2Cl)C1=O. The number of imide groups is 1. The molecule has 0 aromatic heterocycles. The molecule has 1 saturated carbocycles. The molecular formula is C21H25ClN2O4. The normalized spacial score (nSPS) is 29.2. The molecule has 0 spiro atoms. The molecule has 0 radical (unpaired) electrons. The molecule has 1 aromatic rings. The second-order valence-electron chi connectivity index (χ2n) is 8.14. The Labute approximate surface area is 169 Å². The number of ether oxygens (including phenoxy) is 1. The minimum atomic E-state index is -1.23. The number of amides is 3. The lowest BCUT2D eigenvalue weighted by molar-refractivity contribution is -0.143. The largest absolute Gasteiger partial charge is 0.383 e. The minimum Gasteiger partial charge on any atom is -0.383 e. The zero-order valence-electron chi connectivity index (χ0n) is 16.0. The van der Waals surface area contributed by atoms with Crippen LogP contribution in [0.5, 0.6) is 0 Å². The van der Waals surface area contributed by atoms with Crippen molar-refractivity contribution in [3.05, 3.63) is 34.9 Å². The van der Waals surface area contributed by atoms with Crippen LogP contribution in [0.1, 0.15) is 37.7 Å². The standard InChI is InChI=1S/C21H25ClN2O4/c1-28-9-8-23-18(25)11-21(20(23)27,16-4-2-3-5-17(16)22)12-19(26)24-13-14-6-7-15(24)10-14/h2-5,14-15H,6-13H2,1H3/t14-,15-,21+/m1/s1. The number of rotatable bonds is 6. The van der Waals surface area contributed by atoms with Gasteiger partial charge < -0.3 is 9.64 Å². The second-order valence-corrected chi connectivity index (χ2v) is 8.55. The fourth-order valence-electron chi connectivity index (χ4n) is 5.09. The molecule has 3 amide bonds. The molecule has 2 heterocycles. The highest BCUT2D eigenvalue weighted by Crippen LogP contribution is 2.45. The van der Waals surface area contributed by atoms with Crippen molar-refractivity contribution in [3.8, 4) is 0 Å². The molecule has 2 aliphatic heterocycles. The van der Waals surface area contributed by atoms with Crippen LogP contribution in [-0.2, 0) is 24.5 Å². The fourth-order valence-corrected chi connectivity index (χ4v) is 5.41. The molecule has 150 valence electrons. The van der Waals surface area contributed by atoms with E-state index in [-0.39, 0.29) is 49.8 Å². The Balaban J connectivity index is 1.67. The van der Waals surface area contributed by atoms with E-state index in [0.29, 0.717) is 16.5 Å². The van der Waals surface area contributed by atoms with E-state index in [1.165, 1.54) is 18.4 Å². The Kier molecular flexibility index (Phi) is 5.19. The van der Waals surface area contributed by atoms with Crippen LogP contribution in [0.25, 0.3) is 0 Å². The summed E-state index contributed by atoms with van der Waals surface area (Å²) in [4.78, 5) is 42.5. The molecule has 1 aliphatic carbocycles. The average molecular weight is 405 g/mol. The van der Waals surface area contributed by atoms with Gasteiger partial charge in [-0.2, -0.15) is 0 Å². The first kappa shape index (κ1) is 19.4. The predicted octanol–water partition coefficient (Wildman–Crippen LogP) is 2.38. The lowest BCUT2D eigenvalue weighted by Gasteiger charge is -2.33. The molecule has 0 unspecified atom stereocenters. The molecule has 1 aromatic carbocycles. The number of hydrogen-bond acceptors (Lipinski definition) is 4. The monoisotopic (exact) mass is 404 g/mol. The van der Waals surface area contributed by atoms with E-state index >= 15 is 0 Å². The van der Waals surface area contributed by atoms with E-state index in [1.54, 1.807) is 24.3 Å². The van der Waals surface area contributed by atoms with Gasteiger partial charge in [-0.3, -0.25) is 19.3 Å². The van der Waals surface area contributed by atoms with E-state index in [2.05, 4.69) is 0 Å². The van der Waals surface area contributed by atoms with Gasteiger partial charge in [0.05, 0.1) is 18.6 Å². The maximum absolute atomic E-state index is 13.4. The molecule has 3 atom stereocenters. The lowest BCUT2D eigenvalue weighted by Crippen LogP contribution is -2.46. The van der Waals surface area contributed by atoms with Crippen molar-refractivity contribution in [2.75, 3.05) is 26.8 Å². The predicted molar refractivity (Wildman–Crippen MR) is 104 cm³/mol. The number of carbonyl (C=O) groups is 3. The number of halogens is 1. The second kappa shape index (κ2) is 7.48. The number of fused-ring (bicyclic) bond motifs is 2. The van der Waals surface area contributed by atoms with Gasteiger partial charge in [0, 0.05) is 37.6 Å². The summed E-state index contributed by atoms with van der Waals surface area (Å²) in [5, 5.41) is 0.410. The third-order valence-electron chi connectivity index (χ3n) is 6.50. The molecule has 28 heavy (non-hydrogen) atoms. The van der Waals surface area contributed by atoms with Crippen molar-refractivity contribution < 1.29 is 19.1 Å². The van der Waals surface area contributed by atoms with Crippen LogP contribution in [0, 0.1) is 5.92 Å². The van der Waals surface area contributed by atoms with Crippen LogP contribution in [-0.4, -0.2) is 60.4 Å². The zero-order valence-corrected chi connectivity index (χ0v) is 16.8. The van der Waals surface area contributed by atoms with Gasteiger partial charge in [-0.15, -0.1) is 0 Å². The lowest BCUT2D eigenvalue weighted by atomic mass is 9.75. The third-order valence-corrected chi connectivity index (χ3v) is 6.83. The van der Waals surface area contributed by atoms with Crippen molar-refractivity contribution >= 4 is 29.3 Å². The van der Waals surface area contributed by atoms with Gasteiger partial charge in [-0.25, -0.2) is 0 Å². The molecule has 4 rings (SSSR count). The highest BCUT2D eigenvalue weighted by Gasteiger charge is 2.55. The quantitative estimate of drug-likeness (QED) is 0.683. The van der Waals surface area contributed by atoms with Gasteiger partial charge in [0.2, 0.25) is 17.7 Å². The Morgan fingerprint density at radius 1 is 1.29 bits per heavy atom. The van der Waals surface area contributed by atoms with Crippen LogP contribution in [0.2, 0.25) is 5.02 Å². The van der Waals surface area contributed by atoms with Crippen molar-refractivity contribution in [2.45, 2.75) is 43.6 Å². The molecule has 7 heteroatoms. The Morgan fingerprint density at radius 2 is 2.07 bits per heavy atom. The smallest absolute Gasteiger partial charge is 0.241 e. The van der Waals surface area contributed by atoms with E-state index in [0.717, 1.165) is 19.4 Å². The Bertz CT molecular complexity index is 813. The number of nitrogens with zero attached hydrogens (tertiary/aromatic N) is 2. The fraction of sp³-hybridized carbons (Fsp3) is 0.571. The average Bonchev–Trinajstić information content (AvgIpc) is 3.36. The van der Waals surface area contributed by atoms with Gasteiger partial charge in [-0.1, -0.05) is 29.8 Å². The summed E-state index contributed by atoms with van der Waals surface area (Å²) < 4.78 is 5.05. The highest BCUT2D eigenvalue weighted by atomic mass is 35.5. The van der Waals surface area contributed by atoms with Crippen molar-refractivity contribution in [1.82, 2.24) is 9.80 Å². The maximum Gasteiger partial charge on any atom is 0.241 e. The highest BCUT2D eigenvalue weighted by molar-refractivity contribution is 6.32. The van der Waals surface area contributed by atoms with Gasteiger partial charge in [0.25, 0.3) is 0 Å². The molecule has 2 saturated heterocycles. The molecule has 3 aliphatic rings. The van der Waals surface area contributed by atoms with Crippen LogP contribution < -0.4 is 0 Å². The van der Waals surface area contributed by atoms with Gasteiger partial charge in [0.15, 0.2) is 0 Å². The zero-order chi connectivity index (χ0) is 19.9. The first-order valence-electron chi connectivity index (χ1n) is 9.84. The van der Waals surface area contributed by atoms with Crippen LogP contribution in [0.3, 0.4) is 0 Å². The van der Waals surface area contributed by atoms with Crippen LogP contribution in [0.4, 0.5) is 0 Å². The number of hydrogen-bond donors (Lipinski definition) is 0. The summed E-state index contributed by atoms with van der Waals surface area (Å²) in [5.74, 6) is -0.107. The number of piperidine rings is 1. The third kappa shape index (κ3) is 3.12. The number of carbonyl (C=O) groups excluding carboxylic acids is 3. The van der Waals surface area contributed by atoms with E-state index in [1.807, 2.05) is 4.90 Å². The Morgan fingerprint density at radius 3 is 2.71 bits per heavy atom. The first-order chi connectivity index (χ1) is 13.5. The molecule has 2 bridgehead atoms. The molecular weight excluding hydrogens is 380 g/mol. The van der Waals surface area contributed by atoms with E-state index in [4.69, 9.17) is 16.3 Å². The Hall–Kier alpha value is -1.92. The number of benzene rings is 1. The van der Waals surface area contributed by atoms with Crippen molar-refractivity contribution in [2.24, 2.45) is 5.92 Å². The summed E-state index contributed by atoms with van der Waals surface area (Å²) in [6, 6.07) is 7.32. The summed E-state index contributed by atoms with van der Waals surface area (Å²) in [5.41, 5.74) is -0.671. The topological polar surface area (TPSA) is 66.9 Å². The maximum atomic E-state index is 13.4. The van der Waals surface area contributed by atoms with E-state index < -0.39 is 5.41 Å². The van der Waals surface area contributed by atoms with E-state index in [9.17, 15) is 14.4 Å². The number of likely N-dealkylation sites (tertiary alicyclic amines) is 2. The summed E-state index contributed by atoms with van der Waals surface area (Å²) in [6.45, 7) is 1.21. The minimum absolute atomic E-state index is 0.0198. The first-order valence-corrected chi connectivity index (χ1v) is 10.2.